The molecule has 166 valence electrons. The molecule has 2 aliphatic rings. The van der Waals surface area contributed by atoms with Crippen molar-refractivity contribution in [1.82, 2.24) is 14.9 Å². The Morgan fingerprint density at radius 3 is 2.91 bits per heavy atom. The van der Waals surface area contributed by atoms with E-state index in [-0.39, 0.29) is 17.9 Å². The number of nitrogens with zero attached hydrogens (tertiary/aromatic N) is 4. The molecule has 32 heavy (non-hydrogen) atoms. The van der Waals surface area contributed by atoms with Gasteiger partial charge in [0.15, 0.2) is 0 Å². The number of anilines is 2. The number of ether oxygens (including phenoxy) is 1. The first-order chi connectivity index (χ1) is 15.4. The summed E-state index contributed by atoms with van der Waals surface area (Å²) in [6.07, 6.45) is 6.04. The van der Waals surface area contributed by atoms with Gasteiger partial charge in [-0.15, -0.1) is 11.3 Å². The van der Waals surface area contributed by atoms with Crippen molar-refractivity contribution in [2.75, 3.05) is 19.4 Å². The van der Waals surface area contributed by atoms with Crippen LogP contribution in [0.3, 0.4) is 0 Å². The Kier molecular flexibility index (Phi) is 5.33. The van der Waals surface area contributed by atoms with Crippen LogP contribution >= 0.6 is 11.3 Å². The molecule has 0 bridgehead atoms. The number of carbonyl (C=O) groups excluding carboxylic acids is 1. The lowest BCUT2D eigenvalue weighted by Gasteiger charge is -2.24. The molecule has 7 nitrogen and oxygen atoms in total. The number of fused-ring (bicyclic) bond motifs is 4. The molecule has 3 aromatic rings. The van der Waals surface area contributed by atoms with Gasteiger partial charge in [-0.2, -0.15) is 0 Å². The molecule has 0 spiro atoms. The molecule has 1 aliphatic heterocycles. The lowest BCUT2D eigenvalue weighted by molar-refractivity contribution is -0.133. The summed E-state index contributed by atoms with van der Waals surface area (Å²) in [5.41, 5.74) is 4.42. The summed E-state index contributed by atoms with van der Waals surface area (Å²) in [5.74, 6) is 1.83. The molecule has 1 atom stereocenters. The van der Waals surface area contributed by atoms with Gasteiger partial charge in [0.05, 0.1) is 23.7 Å². The summed E-state index contributed by atoms with van der Waals surface area (Å²) in [5, 5.41) is 4.60. The first kappa shape index (κ1) is 20.9. The van der Waals surface area contributed by atoms with Crippen LogP contribution < -0.4 is 10.1 Å². The van der Waals surface area contributed by atoms with Gasteiger partial charge in [0.2, 0.25) is 5.91 Å². The monoisotopic (exact) mass is 449 g/mol. The van der Waals surface area contributed by atoms with Gasteiger partial charge in [-0.1, -0.05) is 0 Å². The maximum absolute atomic E-state index is 12.5. The number of carbonyl (C=O) groups is 1. The minimum atomic E-state index is 0.0389. The predicted octanol–water partition coefficient (Wildman–Crippen LogP) is 4.35. The van der Waals surface area contributed by atoms with Gasteiger partial charge >= 0.3 is 0 Å². The zero-order valence-electron chi connectivity index (χ0n) is 18.8. The van der Waals surface area contributed by atoms with Crippen LogP contribution in [0, 0.1) is 5.92 Å². The summed E-state index contributed by atoms with van der Waals surface area (Å²) in [7, 11) is 3.66. The molecule has 0 fully saturated rings. The van der Waals surface area contributed by atoms with Gasteiger partial charge in [0.25, 0.3) is 0 Å². The predicted molar refractivity (Wildman–Crippen MR) is 128 cm³/mol. The van der Waals surface area contributed by atoms with Crippen molar-refractivity contribution >= 4 is 45.2 Å². The average molecular weight is 450 g/mol. The van der Waals surface area contributed by atoms with Gasteiger partial charge in [-0.3, -0.25) is 9.79 Å². The minimum Gasteiger partial charge on any atom is -0.489 e. The third-order valence-electron chi connectivity index (χ3n) is 5.98. The number of nitrogens with one attached hydrogen (secondary N) is 1. The SMILES string of the molecule is CC(C)Oc1cc2c(cc1Nc1ncnc3sc4c(c13)CC[C@@H](C(=O)N(C)C)C4)C=NC2. The molecule has 5 rings (SSSR count). The molecule has 0 unspecified atom stereocenters. The third-order valence-corrected chi connectivity index (χ3v) is 7.15. The second-order valence-electron chi connectivity index (χ2n) is 8.89. The van der Waals surface area contributed by atoms with E-state index in [1.807, 2.05) is 34.2 Å². The van der Waals surface area contributed by atoms with E-state index in [0.717, 1.165) is 52.3 Å². The summed E-state index contributed by atoms with van der Waals surface area (Å²) in [6, 6.07) is 4.16. The van der Waals surface area contributed by atoms with Crippen molar-refractivity contribution in [3.8, 4) is 5.75 Å². The molecular formula is C24H27N5O2S. The normalized spacial score (nSPS) is 16.8. The molecule has 0 saturated heterocycles. The summed E-state index contributed by atoms with van der Waals surface area (Å²) in [6.45, 7) is 4.74. The van der Waals surface area contributed by atoms with Crippen molar-refractivity contribution in [1.29, 1.82) is 0 Å². The van der Waals surface area contributed by atoms with E-state index in [1.54, 1.807) is 22.6 Å². The van der Waals surface area contributed by atoms with E-state index in [0.29, 0.717) is 6.54 Å². The number of aryl methyl sites for hydroxylation is 1. The van der Waals surface area contributed by atoms with Crippen molar-refractivity contribution in [2.24, 2.45) is 10.9 Å². The number of amides is 1. The molecule has 8 heteroatoms. The average Bonchev–Trinajstić information content (AvgIpc) is 3.36. The molecule has 1 amide bonds. The molecule has 2 aromatic heterocycles. The Balaban J connectivity index is 1.53. The van der Waals surface area contributed by atoms with Crippen LogP contribution in [0.5, 0.6) is 5.75 Å². The second-order valence-corrected chi connectivity index (χ2v) is 9.97. The summed E-state index contributed by atoms with van der Waals surface area (Å²) in [4.78, 5) is 29.9. The maximum Gasteiger partial charge on any atom is 0.225 e. The number of aromatic nitrogens is 2. The molecule has 1 aromatic carbocycles. The topological polar surface area (TPSA) is 79.7 Å². The number of thiophene rings is 1. The van der Waals surface area contributed by atoms with Gasteiger partial charge in [-0.25, -0.2) is 9.97 Å². The number of hydrogen-bond donors (Lipinski definition) is 1. The third kappa shape index (κ3) is 3.72. The van der Waals surface area contributed by atoms with Crippen LogP contribution in [-0.4, -0.2) is 47.2 Å². The zero-order chi connectivity index (χ0) is 22.4. The highest BCUT2D eigenvalue weighted by molar-refractivity contribution is 7.19. The Morgan fingerprint density at radius 1 is 1.28 bits per heavy atom. The van der Waals surface area contributed by atoms with Crippen LogP contribution in [-0.2, 0) is 24.2 Å². The molecular weight excluding hydrogens is 422 g/mol. The number of rotatable bonds is 5. The van der Waals surface area contributed by atoms with E-state index in [1.165, 1.54) is 16.0 Å². The van der Waals surface area contributed by atoms with Crippen molar-refractivity contribution in [3.05, 3.63) is 40.0 Å². The van der Waals surface area contributed by atoms with Crippen molar-refractivity contribution < 1.29 is 9.53 Å². The van der Waals surface area contributed by atoms with Crippen LogP contribution in [0.15, 0.2) is 23.5 Å². The van der Waals surface area contributed by atoms with Crippen LogP contribution in [0.2, 0.25) is 0 Å². The van der Waals surface area contributed by atoms with Gasteiger partial charge in [-0.05, 0) is 61.9 Å². The molecule has 0 radical (unpaired) electrons. The number of benzene rings is 1. The largest absolute Gasteiger partial charge is 0.489 e. The van der Waals surface area contributed by atoms with E-state index in [2.05, 4.69) is 32.4 Å². The highest BCUT2D eigenvalue weighted by atomic mass is 32.1. The Labute approximate surface area is 191 Å². The standard InChI is InChI=1S/C24H27N5O2S/c1-13(2)31-19-8-16-11-25-10-15(16)7-18(19)28-22-21-17-6-5-14(24(30)29(3)4)9-20(17)32-23(21)27-12-26-22/h7-8,10,12-14H,5-6,9,11H2,1-4H3,(H,26,27,28)/t14-/m1/s1. The van der Waals surface area contributed by atoms with E-state index < -0.39 is 0 Å². The van der Waals surface area contributed by atoms with Gasteiger partial charge in [0, 0.05) is 31.1 Å². The first-order valence-corrected chi connectivity index (χ1v) is 11.8. The summed E-state index contributed by atoms with van der Waals surface area (Å²) < 4.78 is 6.11. The molecule has 1 N–H and O–H groups in total. The smallest absolute Gasteiger partial charge is 0.225 e. The highest BCUT2D eigenvalue weighted by Gasteiger charge is 2.30. The van der Waals surface area contributed by atoms with E-state index in [4.69, 9.17) is 4.74 Å². The highest BCUT2D eigenvalue weighted by Crippen LogP contribution is 2.42. The Bertz CT molecular complexity index is 1230. The van der Waals surface area contributed by atoms with E-state index >= 15 is 0 Å². The van der Waals surface area contributed by atoms with Crippen molar-refractivity contribution in [2.45, 2.75) is 45.8 Å². The second kappa shape index (κ2) is 8.16. The summed E-state index contributed by atoms with van der Waals surface area (Å²) >= 11 is 1.68. The number of hydrogen-bond acceptors (Lipinski definition) is 7. The quantitative estimate of drug-likeness (QED) is 0.627. The fourth-order valence-electron chi connectivity index (χ4n) is 4.50. The van der Waals surface area contributed by atoms with Gasteiger partial charge in [0.1, 0.15) is 22.7 Å². The Hall–Kier alpha value is -3.00. The van der Waals surface area contributed by atoms with Gasteiger partial charge < -0.3 is 15.0 Å². The zero-order valence-corrected chi connectivity index (χ0v) is 19.6. The minimum absolute atomic E-state index is 0.0389. The number of aliphatic imine (C=N–C) groups is 1. The molecule has 3 heterocycles. The van der Waals surface area contributed by atoms with E-state index in [9.17, 15) is 4.79 Å². The van der Waals surface area contributed by atoms with Crippen LogP contribution in [0.4, 0.5) is 11.5 Å². The fourth-order valence-corrected chi connectivity index (χ4v) is 5.76. The lowest BCUT2D eigenvalue weighted by atomic mass is 9.87. The molecule has 0 saturated carbocycles. The maximum atomic E-state index is 12.5. The molecule has 1 aliphatic carbocycles. The first-order valence-electron chi connectivity index (χ1n) is 11.0. The van der Waals surface area contributed by atoms with Crippen LogP contribution in [0.1, 0.15) is 41.8 Å². The van der Waals surface area contributed by atoms with Crippen molar-refractivity contribution in [3.63, 3.8) is 0 Å². The Morgan fingerprint density at radius 2 is 2.12 bits per heavy atom. The lowest BCUT2D eigenvalue weighted by Crippen LogP contribution is -2.32. The fraction of sp³-hybridized carbons (Fsp3) is 0.417. The van der Waals surface area contributed by atoms with Crippen LogP contribution in [0.25, 0.3) is 10.2 Å².